The minimum absolute atomic E-state index is 0.493. The van der Waals surface area contributed by atoms with Crippen molar-refractivity contribution in [1.82, 2.24) is 5.16 Å². The van der Waals surface area contributed by atoms with Crippen LogP contribution in [0.2, 0.25) is 0 Å². The van der Waals surface area contributed by atoms with Gasteiger partial charge in [-0.05, 0) is 18.6 Å². The lowest BCUT2D eigenvalue weighted by Crippen LogP contribution is -1.92. The molecule has 0 amide bonds. The minimum Gasteiger partial charge on any atom is -0.381 e. The summed E-state index contributed by atoms with van der Waals surface area (Å²) in [6.07, 6.45) is 1.90. The van der Waals surface area contributed by atoms with Crippen molar-refractivity contribution in [2.45, 2.75) is 19.8 Å². The Bertz CT molecular complexity index is 494. The summed E-state index contributed by atoms with van der Waals surface area (Å²) < 4.78 is 6.30. The summed E-state index contributed by atoms with van der Waals surface area (Å²) in [6, 6.07) is 7.90. The second kappa shape index (κ2) is 4.70. The van der Waals surface area contributed by atoms with E-state index >= 15 is 0 Å². The highest BCUT2D eigenvalue weighted by Gasteiger charge is 2.16. The number of anilines is 1. The van der Waals surface area contributed by atoms with Crippen molar-refractivity contribution >= 4 is 21.7 Å². The monoisotopic (exact) mass is 280 g/mol. The van der Waals surface area contributed by atoms with Crippen LogP contribution in [0.25, 0.3) is 11.3 Å². The molecule has 2 N–H and O–H groups in total. The summed E-state index contributed by atoms with van der Waals surface area (Å²) in [5.74, 6) is 1.26. The molecule has 0 saturated heterocycles. The van der Waals surface area contributed by atoms with Crippen molar-refractivity contribution in [2.24, 2.45) is 0 Å². The van der Waals surface area contributed by atoms with Crippen LogP contribution >= 0.6 is 15.9 Å². The fourth-order valence-corrected chi connectivity index (χ4v) is 2.13. The van der Waals surface area contributed by atoms with Gasteiger partial charge in [0.05, 0.1) is 0 Å². The molecule has 1 heterocycles. The average molecular weight is 281 g/mol. The number of hydrogen-bond donors (Lipinski definition) is 1. The molecule has 3 nitrogen and oxygen atoms in total. The van der Waals surface area contributed by atoms with Crippen LogP contribution in [-0.2, 0) is 6.42 Å². The van der Waals surface area contributed by atoms with Gasteiger partial charge in [-0.1, -0.05) is 46.6 Å². The van der Waals surface area contributed by atoms with Gasteiger partial charge in [-0.25, -0.2) is 0 Å². The number of benzene rings is 1. The zero-order valence-corrected chi connectivity index (χ0v) is 10.6. The lowest BCUT2D eigenvalue weighted by molar-refractivity contribution is 0.434. The summed E-state index contributed by atoms with van der Waals surface area (Å²) in [7, 11) is 0. The van der Waals surface area contributed by atoms with E-state index in [1.807, 2.05) is 24.3 Å². The summed E-state index contributed by atoms with van der Waals surface area (Å²) in [4.78, 5) is 0. The van der Waals surface area contributed by atoms with E-state index in [2.05, 4.69) is 28.0 Å². The number of nitrogens with zero attached hydrogens (tertiary/aromatic N) is 1. The molecule has 1 aromatic carbocycles. The number of nitrogen functional groups attached to an aromatic ring is 1. The van der Waals surface area contributed by atoms with Crippen LogP contribution in [0.5, 0.6) is 0 Å². The first-order valence-corrected chi connectivity index (χ1v) is 6.02. The van der Waals surface area contributed by atoms with Crippen LogP contribution in [-0.4, -0.2) is 5.16 Å². The Morgan fingerprint density at radius 3 is 2.81 bits per heavy atom. The van der Waals surface area contributed by atoms with Crippen LogP contribution in [0, 0.1) is 0 Å². The van der Waals surface area contributed by atoms with Gasteiger partial charge in [0.2, 0.25) is 0 Å². The summed E-state index contributed by atoms with van der Waals surface area (Å²) in [5.41, 5.74) is 7.79. The second-order valence-corrected chi connectivity index (χ2v) is 4.46. The third-order valence-electron chi connectivity index (χ3n) is 2.44. The maximum atomic E-state index is 5.79. The third-order valence-corrected chi connectivity index (χ3v) is 3.13. The highest BCUT2D eigenvalue weighted by atomic mass is 79.9. The van der Waals surface area contributed by atoms with E-state index in [0.29, 0.717) is 5.82 Å². The second-order valence-electron chi connectivity index (χ2n) is 3.61. The summed E-state index contributed by atoms with van der Waals surface area (Å²) >= 11 is 3.50. The van der Waals surface area contributed by atoms with Crippen molar-refractivity contribution in [3.05, 3.63) is 34.3 Å². The van der Waals surface area contributed by atoms with Gasteiger partial charge >= 0.3 is 0 Å². The Balaban J connectivity index is 2.52. The molecule has 0 atom stereocenters. The topological polar surface area (TPSA) is 52.0 Å². The SMILES string of the molecule is CCCc1c(N)noc1-c1ccccc1Br. The Hall–Kier alpha value is -1.29. The highest BCUT2D eigenvalue weighted by molar-refractivity contribution is 9.10. The fourth-order valence-electron chi connectivity index (χ4n) is 1.67. The number of rotatable bonds is 3. The van der Waals surface area contributed by atoms with Crippen LogP contribution in [0.15, 0.2) is 33.3 Å². The molecule has 2 rings (SSSR count). The largest absolute Gasteiger partial charge is 0.381 e. The van der Waals surface area contributed by atoms with Crippen LogP contribution in [0.3, 0.4) is 0 Å². The number of nitrogens with two attached hydrogens (primary N) is 1. The lowest BCUT2D eigenvalue weighted by atomic mass is 10.1. The number of aromatic nitrogens is 1. The predicted molar refractivity (Wildman–Crippen MR) is 68.0 cm³/mol. The first kappa shape index (κ1) is 11.2. The molecule has 2 aromatic rings. The Kier molecular flexibility index (Phi) is 3.29. The van der Waals surface area contributed by atoms with Crippen LogP contribution in [0.4, 0.5) is 5.82 Å². The molecular formula is C12H13BrN2O. The van der Waals surface area contributed by atoms with Crippen LogP contribution < -0.4 is 5.73 Å². The Labute approximate surface area is 103 Å². The maximum Gasteiger partial charge on any atom is 0.173 e. The lowest BCUT2D eigenvalue weighted by Gasteiger charge is -2.02. The van der Waals surface area contributed by atoms with E-state index in [4.69, 9.17) is 10.3 Å². The van der Waals surface area contributed by atoms with Gasteiger partial charge in [0.25, 0.3) is 0 Å². The summed E-state index contributed by atoms with van der Waals surface area (Å²) in [5, 5.41) is 3.83. The first-order valence-electron chi connectivity index (χ1n) is 5.23. The number of halogens is 1. The molecule has 0 spiro atoms. The molecule has 16 heavy (non-hydrogen) atoms. The molecule has 0 unspecified atom stereocenters. The Morgan fingerprint density at radius 2 is 2.12 bits per heavy atom. The van der Waals surface area contributed by atoms with E-state index < -0.39 is 0 Å². The van der Waals surface area contributed by atoms with Gasteiger partial charge in [-0.3, -0.25) is 0 Å². The highest BCUT2D eigenvalue weighted by Crippen LogP contribution is 2.33. The quantitative estimate of drug-likeness (QED) is 0.934. The molecule has 0 aliphatic carbocycles. The van der Waals surface area contributed by atoms with Crippen molar-refractivity contribution < 1.29 is 4.52 Å². The Morgan fingerprint density at radius 1 is 1.38 bits per heavy atom. The van der Waals surface area contributed by atoms with Gasteiger partial charge in [0.15, 0.2) is 11.6 Å². The molecule has 84 valence electrons. The number of hydrogen-bond acceptors (Lipinski definition) is 3. The molecule has 0 radical (unpaired) electrons. The molecule has 0 saturated carbocycles. The molecule has 1 aromatic heterocycles. The maximum absolute atomic E-state index is 5.79. The van der Waals surface area contributed by atoms with Crippen molar-refractivity contribution in [3.8, 4) is 11.3 Å². The van der Waals surface area contributed by atoms with Gasteiger partial charge in [-0.2, -0.15) is 0 Å². The third kappa shape index (κ3) is 1.97. The van der Waals surface area contributed by atoms with Gasteiger partial charge in [0.1, 0.15) is 0 Å². The molecule has 4 heteroatoms. The van der Waals surface area contributed by atoms with E-state index in [9.17, 15) is 0 Å². The van der Waals surface area contributed by atoms with Gasteiger partial charge in [-0.15, -0.1) is 0 Å². The molecular weight excluding hydrogens is 268 g/mol. The average Bonchev–Trinajstić information content (AvgIpc) is 2.62. The summed E-state index contributed by atoms with van der Waals surface area (Å²) in [6.45, 7) is 2.11. The van der Waals surface area contributed by atoms with E-state index in [-0.39, 0.29) is 0 Å². The standard InChI is InChI=1S/C12H13BrN2O/c1-2-5-9-11(16-15-12(9)14)8-6-3-4-7-10(8)13/h3-4,6-7H,2,5H2,1H3,(H2,14,15). The van der Waals surface area contributed by atoms with Crippen molar-refractivity contribution in [2.75, 3.05) is 5.73 Å². The van der Waals surface area contributed by atoms with E-state index in [0.717, 1.165) is 34.2 Å². The van der Waals surface area contributed by atoms with E-state index in [1.54, 1.807) is 0 Å². The van der Waals surface area contributed by atoms with E-state index in [1.165, 1.54) is 0 Å². The van der Waals surface area contributed by atoms with Crippen LogP contribution in [0.1, 0.15) is 18.9 Å². The smallest absolute Gasteiger partial charge is 0.173 e. The fraction of sp³-hybridized carbons (Fsp3) is 0.250. The minimum atomic E-state index is 0.493. The zero-order valence-electron chi connectivity index (χ0n) is 9.03. The zero-order chi connectivity index (χ0) is 11.5. The molecule has 0 fully saturated rings. The van der Waals surface area contributed by atoms with Crippen molar-refractivity contribution in [3.63, 3.8) is 0 Å². The molecule has 0 aliphatic rings. The normalized spacial score (nSPS) is 10.6. The molecule has 0 aliphatic heterocycles. The van der Waals surface area contributed by atoms with Gasteiger partial charge in [0, 0.05) is 15.6 Å². The van der Waals surface area contributed by atoms with Gasteiger partial charge < -0.3 is 10.3 Å². The molecule has 0 bridgehead atoms. The predicted octanol–water partition coefficient (Wildman–Crippen LogP) is 3.64. The van der Waals surface area contributed by atoms with Crippen molar-refractivity contribution in [1.29, 1.82) is 0 Å². The first-order chi connectivity index (χ1) is 7.74.